The molecule has 4 N–H and O–H groups in total. The Bertz CT molecular complexity index is 1490. The first-order valence-corrected chi connectivity index (χ1v) is 12.3. The lowest BCUT2D eigenvalue weighted by atomic mass is 10.1. The van der Waals surface area contributed by atoms with Crippen molar-refractivity contribution in [3.05, 3.63) is 96.3 Å². The molecule has 9 nitrogen and oxygen atoms in total. The molecule has 1 amide bonds. The molecule has 37 heavy (non-hydrogen) atoms. The highest BCUT2D eigenvalue weighted by atomic mass is 32.2. The SMILES string of the molecule is Nn1c(SCC(=O)Nc2ccc(OCc3ccccc3)cc2)nnc1-c1cc(-c2ccc(F)cc2)n[nH]1. The number of amides is 1. The molecular weight excluding hydrogens is 493 g/mol. The fourth-order valence-corrected chi connectivity index (χ4v) is 4.12. The summed E-state index contributed by atoms with van der Waals surface area (Å²) in [7, 11) is 0. The van der Waals surface area contributed by atoms with Gasteiger partial charge in [-0.2, -0.15) is 5.10 Å². The van der Waals surface area contributed by atoms with Gasteiger partial charge in [-0.1, -0.05) is 42.1 Å². The molecule has 0 aliphatic heterocycles. The van der Waals surface area contributed by atoms with Crippen LogP contribution in [0, 0.1) is 5.82 Å². The molecule has 5 rings (SSSR count). The minimum absolute atomic E-state index is 0.0887. The van der Waals surface area contributed by atoms with E-state index in [2.05, 4.69) is 25.7 Å². The van der Waals surface area contributed by atoms with Crippen LogP contribution in [-0.2, 0) is 11.4 Å². The van der Waals surface area contributed by atoms with Gasteiger partial charge >= 0.3 is 0 Å². The van der Waals surface area contributed by atoms with E-state index in [9.17, 15) is 9.18 Å². The van der Waals surface area contributed by atoms with Gasteiger partial charge in [0.15, 0.2) is 0 Å². The van der Waals surface area contributed by atoms with Crippen molar-refractivity contribution >= 4 is 23.4 Å². The Morgan fingerprint density at radius 2 is 1.78 bits per heavy atom. The van der Waals surface area contributed by atoms with E-state index in [1.807, 2.05) is 30.3 Å². The molecule has 0 radical (unpaired) electrons. The van der Waals surface area contributed by atoms with Crippen molar-refractivity contribution in [3.8, 4) is 28.5 Å². The Morgan fingerprint density at radius 3 is 2.54 bits per heavy atom. The summed E-state index contributed by atoms with van der Waals surface area (Å²) in [5.74, 6) is 6.77. The van der Waals surface area contributed by atoms with Crippen LogP contribution in [-0.4, -0.2) is 36.7 Å². The van der Waals surface area contributed by atoms with E-state index < -0.39 is 0 Å². The summed E-state index contributed by atoms with van der Waals surface area (Å²) in [5, 5.41) is 18.5. The first-order chi connectivity index (χ1) is 18.0. The van der Waals surface area contributed by atoms with E-state index in [1.54, 1.807) is 42.5 Å². The summed E-state index contributed by atoms with van der Waals surface area (Å²) < 4.78 is 20.2. The number of H-pyrrole nitrogens is 1. The molecule has 5 aromatic rings. The molecule has 2 heterocycles. The zero-order valence-electron chi connectivity index (χ0n) is 19.5. The van der Waals surface area contributed by atoms with Gasteiger partial charge in [-0.05, 0) is 60.2 Å². The third-order valence-corrected chi connectivity index (χ3v) is 6.29. The number of anilines is 1. The van der Waals surface area contributed by atoms with Crippen molar-refractivity contribution in [1.82, 2.24) is 25.1 Å². The van der Waals surface area contributed by atoms with E-state index in [1.165, 1.54) is 16.8 Å². The van der Waals surface area contributed by atoms with Gasteiger partial charge < -0.3 is 15.9 Å². The summed E-state index contributed by atoms with van der Waals surface area (Å²) in [6.45, 7) is 0.469. The van der Waals surface area contributed by atoms with Gasteiger partial charge in [-0.15, -0.1) is 10.2 Å². The number of carbonyl (C=O) groups excluding carboxylic acids is 1. The van der Waals surface area contributed by atoms with Gasteiger partial charge in [0.25, 0.3) is 0 Å². The number of nitrogen functional groups attached to an aromatic ring is 1. The Balaban J connectivity index is 1.14. The molecule has 0 aliphatic rings. The quantitative estimate of drug-likeness (QED) is 0.195. The van der Waals surface area contributed by atoms with Gasteiger partial charge in [0.1, 0.15) is 23.9 Å². The smallest absolute Gasteiger partial charge is 0.234 e. The van der Waals surface area contributed by atoms with Crippen LogP contribution < -0.4 is 15.9 Å². The number of hydrogen-bond acceptors (Lipinski definition) is 7. The van der Waals surface area contributed by atoms with Crippen LogP contribution in [0.4, 0.5) is 10.1 Å². The summed E-state index contributed by atoms with van der Waals surface area (Å²) in [4.78, 5) is 12.4. The van der Waals surface area contributed by atoms with Crippen LogP contribution in [0.25, 0.3) is 22.8 Å². The minimum Gasteiger partial charge on any atom is -0.489 e. The van der Waals surface area contributed by atoms with Crippen LogP contribution in [0.5, 0.6) is 5.75 Å². The van der Waals surface area contributed by atoms with Crippen molar-refractivity contribution in [2.75, 3.05) is 16.9 Å². The lowest BCUT2D eigenvalue weighted by Crippen LogP contribution is -2.16. The third-order valence-electron chi connectivity index (χ3n) is 5.34. The van der Waals surface area contributed by atoms with Crippen LogP contribution in [0.2, 0.25) is 0 Å². The van der Waals surface area contributed by atoms with E-state index in [0.29, 0.717) is 40.4 Å². The van der Waals surface area contributed by atoms with E-state index >= 15 is 0 Å². The highest BCUT2D eigenvalue weighted by Crippen LogP contribution is 2.25. The van der Waals surface area contributed by atoms with Gasteiger partial charge in [0, 0.05) is 11.3 Å². The van der Waals surface area contributed by atoms with Crippen LogP contribution in [0.15, 0.2) is 90.1 Å². The number of nitrogens with zero attached hydrogens (tertiary/aromatic N) is 4. The maximum atomic E-state index is 13.2. The highest BCUT2D eigenvalue weighted by Gasteiger charge is 2.16. The van der Waals surface area contributed by atoms with Crippen LogP contribution in [0.3, 0.4) is 0 Å². The monoisotopic (exact) mass is 515 g/mol. The molecule has 2 aromatic heterocycles. The van der Waals surface area contributed by atoms with Gasteiger partial charge in [0.2, 0.25) is 16.9 Å². The standard InChI is InChI=1S/C26H22FN7O2S/c27-19-8-6-18(7-9-19)22-14-23(31-30-22)25-32-33-26(34(25)28)37-16-24(35)29-20-10-12-21(13-11-20)36-15-17-4-2-1-3-5-17/h1-14H,15-16,28H2,(H,29,35)(H,30,31). The predicted octanol–water partition coefficient (Wildman–Crippen LogP) is 4.50. The second-order valence-electron chi connectivity index (χ2n) is 7.99. The van der Waals surface area contributed by atoms with Crippen molar-refractivity contribution in [2.24, 2.45) is 0 Å². The van der Waals surface area contributed by atoms with Crippen molar-refractivity contribution in [3.63, 3.8) is 0 Å². The number of thioether (sulfide) groups is 1. The fraction of sp³-hybridized carbons (Fsp3) is 0.0769. The van der Waals surface area contributed by atoms with Crippen molar-refractivity contribution in [1.29, 1.82) is 0 Å². The molecule has 0 unspecified atom stereocenters. The summed E-state index contributed by atoms with van der Waals surface area (Å²) in [6, 6.07) is 24.8. The number of aromatic nitrogens is 5. The number of rotatable bonds is 9. The molecule has 0 bridgehead atoms. The number of benzene rings is 3. The Morgan fingerprint density at radius 1 is 1.03 bits per heavy atom. The molecule has 3 aromatic carbocycles. The number of nitrogens with one attached hydrogen (secondary N) is 2. The van der Waals surface area contributed by atoms with Crippen LogP contribution >= 0.6 is 11.8 Å². The Hall–Kier alpha value is -4.64. The molecule has 186 valence electrons. The maximum absolute atomic E-state index is 13.2. The number of aromatic amines is 1. The molecule has 0 saturated carbocycles. The van der Waals surface area contributed by atoms with Gasteiger partial charge in [-0.25, -0.2) is 9.07 Å². The third kappa shape index (κ3) is 5.96. The topological polar surface area (TPSA) is 124 Å². The second kappa shape index (κ2) is 11.0. The zero-order valence-corrected chi connectivity index (χ0v) is 20.3. The molecule has 0 fully saturated rings. The fourth-order valence-electron chi connectivity index (χ4n) is 3.47. The van der Waals surface area contributed by atoms with Crippen molar-refractivity contribution < 1.29 is 13.9 Å². The normalized spacial score (nSPS) is 10.8. The van der Waals surface area contributed by atoms with E-state index in [0.717, 1.165) is 22.9 Å². The van der Waals surface area contributed by atoms with Gasteiger partial charge in [0.05, 0.1) is 11.4 Å². The average Bonchev–Trinajstić information content (AvgIpc) is 3.55. The predicted molar refractivity (Wildman–Crippen MR) is 140 cm³/mol. The highest BCUT2D eigenvalue weighted by molar-refractivity contribution is 7.99. The van der Waals surface area contributed by atoms with Crippen LogP contribution in [0.1, 0.15) is 5.56 Å². The number of nitrogens with two attached hydrogens (primary N) is 1. The number of hydrogen-bond donors (Lipinski definition) is 3. The largest absolute Gasteiger partial charge is 0.489 e. The number of ether oxygens (including phenoxy) is 1. The van der Waals surface area contributed by atoms with E-state index in [4.69, 9.17) is 10.6 Å². The zero-order chi connectivity index (χ0) is 25.6. The molecular formula is C26H22FN7O2S. The number of carbonyl (C=O) groups is 1. The average molecular weight is 516 g/mol. The van der Waals surface area contributed by atoms with Crippen molar-refractivity contribution in [2.45, 2.75) is 11.8 Å². The van der Waals surface area contributed by atoms with Gasteiger partial charge in [-0.3, -0.25) is 9.89 Å². The molecule has 11 heteroatoms. The summed E-state index contributed by atoms with van der Waals surface area (Å²) in [6.07, 6.45) is 0. The Kier molecular flexibility index (Phi) is 7.13. The first kappa shape index (κ1) is 24.1. The Labute approximate surface area is 215 Å². The number of halogens is 1. The first-order valence-electron chi connectivity index (χ1n) is 11.3. The van der Waals surface area contributed by atoms with E-state index in [-0.39, 0.29) is 17.5 Å². The molecule has 0 atom stereocenters. The molecule has 0 spiro atoms. The molecule has 0 saturated heterocycles. The molecule has 0 aliphatic carbocycles. The lowest BCUT2D eigenvalue weighted by Gasteiger charge is -2.08. The summed E-state index contributed by atoms with van der Waals surface area (Å²) >= 11 is 1.16. The maximum Gasteiger partial charge on any atom is 0.234 e. The minimum atomic E-state index is -0.322. The lowest BCUT2D eigenvalue weighted by molar-refractivity contribution is -0.113. The second-order valence-corrected chi connectivity index (χ2v) is 8.93. The summed E-state index contributed by atoms with van der Waals surface area (Å²) in [5.41, 5.74) is 3.63.